The van der Waals surface area contributed by atoms with Crippen LogP contribution in [0.3, 0.4) is 0 Å². The highest BCUT2D eigenvalue weighted by molar-refractivity contribution is 7.89. The number of nitrogens with one attached hydrogen (secondary N) is 1. The summed E-state index contributed by atoms with van der Waals surface area (Å²) >= 11 is 0. The van der Waals surface area contributed by atoms with Gasteiger partial charge in [-0.25, -0.2) is 17.8 Å². The highest BCUT2D eigenvalue weighted by Gasteiger charge is 2.29. The Morgan fingerprint density at radius 1 is 1.13 bits per heavy atom. The standard InChI is InChI=1S/C20H18FN3O5S/c21-17-5-4-15(11-19(17)30(26,27)24-6-8-28-9-7-24)20(25)23-16-3-1-2-14(10-16)18-12-22-13-29-18/h1-5,10-13H,6-9H2,(H,23,25). The highest BCUT2D eigenvalue weighted by Crippen LogP contribution is 2.24. The fourth-order valence-electron chi connectivity index (χ4n) is 3.08. The van der Waals surface area contributed by atoms with Crippen molar-refractivity contribution in [3.05, 3.63) is 66.4 Å². The first-order valence-electron chi connectivity index (χ1n) is 9.13. The van der Waals surface area contributed by atoms with E-state index < -0.39 is 26.6 Å². The van der Waals surface area contributed by atoms with Crippen molar-refractivity contribution < 1.29 is 26.8 Å². The molecule has 1 aliphatic heterocycles. The van der Waals surface area contributed by atoms with Crippen LogP contribution in [0.1, 0.15) is 10.4 Å². The summed E-state index contributed by atoms with van der Waals surface area (Å²) in [5.41, 5.74) is 1.20. The molecule has 1 aliphatic rings. The quantitative estimate of drug-likeness (QED) is 0.667. The first kappa shape index (κ1) is 20.2. The van der Waals surface area contributed by atoms with Crippen LogP contribution in [0.25, 0.3) is 11.3 Å². The van der Waals surface area contributed by atoms with Gasteiger partial charge in [0.15, 0.2) is 12.2 Å². The molecular weight excluding hydrogens is 413 g/mol. The van der Waals surface area contributed by atoms with Gasteiger partial charge in [0.05, 0.1) is 19.4 Å². The maximum atomic E-state index is 14.3. The number of nitrogens with zero attached hydrogens (tertiary/aromatic N) is 2. The topological polar surface area (TPSA) is 102 Å². The Balaban J connectivity index is 1.58. The number of carbonyl (C=O) groups is 1. The molecule has 0 bridgehead atoms. The Bertz CT molecular complexity index is 1160. The second-order valence-corrected chi connectivity index (χ2v) is 8.47. The molecule has 0 aliphatic carbocycles. The molecule has 8 nitrogen and oxygen atoms in total. The van der Waals surface area contributed by atoms with Gasteiger partial charge in [-0.1, -0.05) is 12.1 Å². The SMILES string of the molecule is O=C(Nc1cccc(-c2cnco2)c1)c1ccc(F)c(S(=O)(=O)N2CCOCC2)c1. The molecule has 0 saturated carbocycles. The second-order valence-electron chi connectivity index (χ2n) is 6.56. The van der Waals surface area contributed by atoms with Crippen LogP contribution in [0.4, 0.5) is 10.1 Å². The number of carbonyl (C=O) groups excluding carboxylic acids is 1. The number of hydrogen-bond acceptors (Lipinski definition) is 6. The Morgan fingerprint density at radius 2 is 1.93 bits per heavy atom. The first-order valence-corrected chi connectivity index (χ1v) is 10.6. The fourth-order valence-corrected chi connectivity index (χ4v) is 4.58. The fraction of sp³-hybridized carbons (Fsp3) is 0.200. The molecule has 1 aromatic heterocycles. The number of anilines is 1. The van der Waals surface area contributed by atoms with E-state index in [-0.39, 0.29) is 31.9 Å². The number of amides is 1. The third kappa shape index (κ3) is 4.11. The summed E-state index contributed by atoms with van der Waals surface area (Å²) in [6.07, 6.45) is 2.85. The number of sulfonamides is 1. The van der Waals surface area contributed by atoms with Crippen LogP contribution in [0.2, 0.25) is 0 Å². The summed E-state index contributed by atoms with van der Waals surface area (Å²) in [4.78, 5) is 16.0. The third-order valence-corrected chi connectivity index (χ3v) is 6.53. The molecule has 4 rings (SSSR count). The van der Waals surface area contributed by atoms with Crippen LogP contribution in [0, 0.1) is 5.82 Å². The van der Waals surface area contributed by atoms with E-state index in [0.717, 1.165) is 16.4 Å². The lowest BCUT2D eigenvalue weighted by molar-refractivity contribution is 0.0729. The number of rotatable bonds is 5. The van der Waals surface area contributed by atoms with Crippen LogP contribution in [0.15, 0.2) is 64.4 Å². The molecule has 0 atom stereocenters. The van der Waals surface area contributed by atoms with Gasteiger partial charge in [-0.15, -0.1) is 0 Å². The van der Waals surface area contributed by atoms with E-state index >= 15 is 0 Å². The van der Waals surface area contributed by atoms with E-state index in [1.807, 2.05) is 0 Å². The normalized spacial score (nSPS) is 15.1. The molecule has 2 aromatic carbocycles. The van der Waals surface area contributed by atoms with E-state index in [0.29, 0.717) is 17.0 Å². The molecule has 0 radical (unpaired) electrons. The van der Waals surface area contributed by atoms with E-state index in [2.05, 4.69) is 10.3 Å². The van der Waals surface area contributed by atoms with Gasteiger partial charge in [0.1, 0.15) is 10.7 Å². The van der Waals surface area contributed by atoms with Crippen molar-refractivity contribution in [2.24, 2.45) is 0 Å². The van der Waals surface area contributed by atoms with Crippen LogP contribution in [-0.2, 0) is 14.8 Å². The molecule has 1 saturated heterocycles. The lowest BCUT2D eigenvalue weighted by atomic mass is 10.1. The Kier molecular flexibility index (Phi) is 5.62. The minimum Gasteiger partial charge on any atom is -0.444 e. The number of benzene rings is 2. The lowest BCUT2D eigenvalue weighted by Crippen LogP contribution is -2.41. The zero-order valence-corrected chi connectivity index (χ0v) is 16.6. The van der Waals surface area contributed by atoms with Crippen molar-refractivity contribution in [2.45, 2.75) is 4.90 Å². The zero-order chi connectivity index (χ0) is 21.1. The monoisotopic (exact) mass is 431 g/mol. The van der Waals surface area contributed by atoms with Crippen LogP contribution in [-0.4, -0.2) is 49.9 Å². The van der Waals surface area contributed by atoms with Gasteiger partial charge >= 0.3 is 0 Å². The lowest BCUT2D eigenvalue weighted by Gasteiger charge is -2.26. The van der Waals surface area contributed by atoms with Gasteiger partial charge in [0.2, 0.25) is 10.0 Å². The van der Waals surface area contributed by atoms with Crippen molar-refractivity contribution in [1.29, 1.82) is 0 Å². The molecular formula is C20H18FN3O5S. The van der Waals surface area contributed by atoms with Crippen molar-refractivity contribution in [3.63, 3.8) is 0 Å². The van der Waals surface area contributed by atoms with Gasteiger partial charge < -0.3 is 14.5 Å². The molecule has 156 valence electrons. The summed E-state index contributed by atoms with van der Waals surface area (Å²) in [5.74, 6) is -0.944. The van der Waals surface area contributed by atoms with Gasteiger partial charge in [0.25, 0.3) is 5.91 Å². The maximum Gasteiger partial charge on any atom is 0.255 e. The molecule has 0 unspecified atom stereocenters. The molecule has 30 heavy (non-hydrogen) atoms. The minimum atomic E-state index is -4.08. The number of aromatic nitrogens is 1. The third-order valence-electron chi connectivity index (χ3n) is 4.62. The van der Waals surface area contributed by atoms with Crippen LogP contribution >= 0.6 is 0 Å². The molecule has 1 fully saturated rings. The smallest absolute Gasteiger partial charge is 0.255 e. The van der Waals surface area contributed by atoms with Gasteiger partial charge in [0, 0.05) is 29.9 Å². The van der Waals surface area contributed by atoms with E-state index in [4.69, 9.17) is 9.15 Å². The average molecular weight is 431 g/mol. The molecule has 0 spiro atoms. The summed E-state index contributed by atoms with van der Waals surface area (Å²) < 4.78 is 51.5. The summed E-state index contributed by atoms with van der Waals surface area (Å²) in [6.45, 7) is 0.740. The number of morpholine rings is 1. The Morgan fingerprint density at radius 3 is 2.67 bits per heavy atom. The van der Waals surface area contributed by atoms with E-state index in [9.17, 15) is 17.6 Å². The van der Waals surface area contributed by atoms with E-state index in [1.165, 1.54) is 12.5 Å². The maximum absolute atomic E-state index is 14.3. The number of hydrogen-bond donors (Lipinski definition) is 1. The number of halogens is 1. The summed E-state index contributed by atoms with van der Waals surface area (Å²) in [6, 6.07) is 10.2. The molecule has 1 amide bonds. The molecule has 2 heterocycles. The van der Waals surface area contributed by atoms with Crippen molar-refractivity contribution in [2.75, 3.05) is 31.6 Å². The van der Waals surface area contributed by atoms with Crippen LogP contribution < -0.4 is 5.32 Å². The second kappa shape index (κ2) is 8.34. The van der Waals surface area contributed by atoms with E-state index in [1.54, 1.807) is 30.5 Å². The Hall–Kier alpha value is -3.08. The zero-order valence-electron chi connectivity index (χ0n) is 15.7. The van der Waals surface area contributed by atoms with Crippen LogP contribution in [0.5, 0.6) is 0 Å². The van der Waals surface area contributed by atoms with Gasteiger partial charge in [-0.3, -0.25) is 4.79 Å². The first-order chi connectivity index (χ1) is 14.4. The molecule has 10 heteroatoms. The molecule has 1 N–H and O–H groups in total. The number of ether oxygens (including phenoxy) is 1. The Labute approximate surface area is 172 Å². The van der Waals surface area contributed by atoms with Crippen molar-refractivity contribution in [3.8, 4) is 11.3 Å². The predicted octanol–water partition coefficient (Wildman–Crippen LogP) is 2.75. The minimum absolute atomic E-state index is 0.0216. The predicted molar refractivity (Wildman–Crippen MR) is 106 cm³/mol. The average Bonchev–Trinajstić information content (AvgIpc) is 3.30. The molecule has 3 aromatic rings. The number of oxazole rings is 1. The largest absolute Gasteiger partial charge is 0.444 e. The van der Waals surface area contributed by atoms with Crippen molar-refractivity contribution in [1.82, 2.24) is 9.29 Å². The van der Waals surface area contributed by atoms with Crippen molar-refractivity contribution >= 4 is 21.6 Å². The summed E-state index contributed by atoms with van der Waals surface area (Å²) in [5, 5.41) is 2.69. The highest BCUT2D eigenvalue weighted by atomic mass is 32.2. The van der Waals surface area contributed by atoms with Gasteiger partial charge in [-0.2, -0.15) is 4.31 Å². The van der Waals surface area contributed by atoms with Gasteiger partial charge in [-0.05, 0) is 30.3 Å². The summed E-state index contributed by atoms with van der Waals surface area (Å²) in [7, 11) is -4.08.